The lowest BCUT2D eigenvalue weighted by Gasteiger charge is -2.15. The zero-order valence-electron chi connectivity index (χ0n) is 11.4. The largest absolute Gasteiger partial charge is 0.383 e. The Balaban J connectivity index is 2.29. The molecule has 3 nitrogen and oxygen atoms in total. The van der Waals surface area contributed by atoms with E-state index in [4.69, 9.17) is 10.7 Å². The second kappa shape index (κ2) is 5.55. The minimum Gasteiger partial charge on any atom is -0.383 e. The quantitative estimate of drug-likeness (QED) is 0.908. The number of hydrogen-bond acceptors (Lipinski definition) is 3. The number of hydrogen-bond donors (Lipinski definition) is 1. The van der Waals surface area contributed by atoms with Gasteiger partial charge in [0.25, 0.3) is 0 Å². The van der Waals surface area contributed by atoms with Crippen molar-refractivity contribution in [2.24, 2.45) is 5.92 Å². The Kier molecular flexibility index (Phi) is 4.25. The maximum Gasteiger partial charge on any atom is 0.141 e. The molecule has 1 aliphatic rings. The monoisotopic (exact) mass is 311 g/mol. The van der Waals surface area contributed by atoms with Crippen LogP contribution in [0.4, 0.5) is 5.82 Å². The van der Waals surface area contributed by atoms with Gasteiger partial charge < -0.3 is 5.73 Å². The van der Waals surface area contributed by atoms with Gasteiger partial charge in [-0.15, -0.1) is 0 Å². The van der Waals surface area contributed by atoms with Crippen LogP contribution in [0.3, 0.4) is 0 Å². The number of nitrogens with two attached hydrogens (primary N) is 1. The third-order valence-corrected chi connectivity index (χ3v) is 4.76. The van der Waals surface area contributed by atoms with Crippen molar-refractivity contribution >= 4 is 21.7 Å². The van der Waals surface area contributed by atoms with Crippen molar-refractivity contribution in [1.29, 1.82) is 0 Å². The molecule has 100 valence electrons. The number of halogens is 1. The van der Waals surface area contributed by atoms with Crippen LogP contribution in [-0.4, -0.2) is 9.97 Å². The number of anilines is 1. The van der Waals surface area contributed by atoms with Gasteiger partial charge in [0.15, 0.2) is 0 Å². The zero-order valence-corrected chi connectivity index (χ0v) is 13.0. The first-order valence-corrected chi connectivity index (χ1v) is 7.65. The molecule has 0 aromatic carbocycles. The number of nitrogen functional groups attached to an aromatic ring is 1. The lowest BCUT2D eigenvalue weighted by Crippen LogP contribution is -2.09. The maximum absolute atomic E-state index is 6.00. The molecule has 1 fully saturated rings. The normalized spacial score (nSPS) is 23.8. The molecule has 1 aromatic rings. The smallest absolute Gasteiger partial charge is 0.141 e. The van der Waals surface area contributed by atoms with E-state index in [9.17, 15) is 0 Å². The van der Waals surface area contributed by atoms with E-state index in [1.165, 1.54) is 25.7 Å². The van der Waals surface area contributed by atoms with E-state index in [1.54, 1.807) is 0 Å². The van der Waals surface area contributed by atoms with Gasteiger partial charge in [-0.25, -0.2) is 9.97 Å². The first-order valence-electron chi connectivity index (χ1n) is 6.85. The van der Waals surface area contributed by atoms with Gasteiger partial charge in [-0.05, 0) is 47.0 Å². The van der Waals surface area contributed by atoms with Crippen molar-refractivity contribution in [3.63, 3.8) is 0 Å². The minimum atomic E-state index is 0.367. The average Bonchev–Trinajstić information content (AvgIpc) is 2.80. The average molecular weight is 312 g/mol. The Morgan fingerprint density at radius 2 is 2.06 bits per heavy atom. The van der Waals surface area contributed by atoms with Crippen LogP contribution >= 0.6 is 15.9 Å². The fraction of sp³-hybridized carbons (Fsp3) is 0.714. The second-order valence-corrected chi connectivity index (χ2v) is 6.40. The zero-order chi connectivity index (χ0) is 13.3. The Hall–Kier alpha value is -0.640. The molecule has 2 N–H and O–H groups in total. The molecule has 18 heavy (non-hydrogen) atoms. The van der Waals surface area contributed by atoms with E-state index >= 15 is 0 Å². The van der Waals surface area contributed by atoms with E-state index in [-0.39, 0.29) is 0 Å². The molecule has 2 rings (SSSR count). The molecule has 0 radical (unpaired) electrons. The molecule has 2 unspecified atom stereocenters. The summed E-state index contributed by atoms with van der Waals surface area (Å²) in [7, 11) is 0. The Bertz CT molecular complexity index is 431. The fourth-order valence-electron chi connectivity index (χ4n) is 2.75. The van der Waals surface area contributed by atoms with Gasteiger partial charge in [0.2, 0.25) is 0 Å². The van der Waals surface area contributed by atoms with Crippen LogP contribution < -0.4 is 5.73 Å². The van der Waals surface area contributed by atoms with Gasteiger partial charge in [-0.3, -0.25) is 0 Å². The van der Waals surface area contributed by atoms with Gasteiger partial charge in [0, 0.05) is 5.92 Å². The summed E-state index contributed by atoms with van der Waals surface area (Å²) in [6.07, 6.45) is 4.99. The summed E-state index contributed by atoms with van der Waals surface area (Å²) in [5.74, 6) is 3.25. The Labute approximate surface area is 118 Å². The summed E-state index contributed by atoms with van der Waals surface area (Å²) in [5, 5.41) is 0. The van der Waals surface area contributed by atoms with Crippen LogP contribution in [-0.2, 0) is 0 Å². The van der Waals surface area contributed by atoms with Gasteiger partial charge in [0.1, 0.15) is 11.6 Å². The minimum absolute atomic E-state index is 0.367. The van der Waals surface area contributed by atoms with Gasteiger partial charge >= 0.3 is 0 Å². The molecular formula is C14H22BrN3. The van der Waals surface area contributed by atoms with Gasteiger partial charge in [0.05, 0.1) is 10.2 Å². The highest BCUT2D eigenvalue weighted by atomic mass is 79.9. The molecule has 0 saturated heterocycles. The maximum atomic E-state index is 6.00. The third-order valence-electron chi connectivity index (χ3n) is 3.95. The molecular weight excluding hydrogens is 290 g/mol. The van der Waals surface area contributed by atoms with Crippen LogP contribution in [0.25, 0.3) is 0 Å². The standard InChI is InChI=1S/C14H22BrN3/c1-4-9-5-6-10(7-9)14-17-12(8(2)3)11(15)13(16)18-14/h8-10H,4-7H2,1-3H3,(H2,16,17,18). The number of nitrogens with zero attached hydrogens (tertiary/aromatic N) is 2. The van der Waals surface area contributed by atoms with Crippen LogP contribution in [0.2, 0.25) is 0 Å². The van der Waals surface area contributed by atoms with E-state index in [1.807, 2.05) is 0 Å². The summed E-state index contributed by atoms with van der Waals surface area (Å²) in [4.78, 5) is 9.23. The van der Waals surface area contributed by atoms with Crippen LogP contribution in [0, 0.1) is 5.92 Å². The molecule has 0 amide bonds. The Morgan fingerprint density at radius 1 is 1.33 bits per heavy atom. The van der Waals surface area contributed by atoms with Crippen molar-refractivity contribution in [3.05, 3.63) is 16.0 Å². The molecule has 0 bridgehead atoms. The number of rotatable bonds is 3. The van der Waals surface area contributed by atoms with Crippen molar-refractivity contribution in [2.45, 2.75) is 58.3 Å². The second-order valence-electron chi connectivity index (χ2n) is 5.61. The molecule has 0 spiro atoms. The molecule has 1 heterocycles. The first kappa shape index (κ1) is 13.8. The molecule has 1 aromatic heterocycles. The van der Waals surface area contributed by atoms with Crippen LogP contribution in [0.1, 0.15) is 69.8 Å². The number of aromatic nitrogens is 2. The molecule has 2 atom stereocenters. The molecule has 1 saturated carbocycles. The summed E-state index contributed by atoms with van der Waals surface area (Å²) < 4.78 is 0.867. The highest BCUT2D eigenvalue weighted by molar-refractivity contribution is 9.10. The third kappa shape index (κ3) is 2.68. The summed E-state index contributed by atoms with van der Waals surface area (Å²) >= 11 is 3.50. The first-order chi connectivity index (χ1) is 8.52. The van der Waals surface area contributed by atoms with Crippen molar-refractivity contribution in [1.82, 2.24) is 9.97 Å². The van der Waals surface area contributed by atoms with Crippen molar-refractivity contribution < 1.29 is 0 Å². The predicted octanol–water partition coefficient (Wildman–Crippen LogP) is 4.24. The fourth-order valence-corrected chi connectivity index (χ4v) is 3.38. The summed E-state index contributed by atoms with van der Waals surface area (Å²) in [6.45, 7) is 6.54. The molecule has 0 aliphatic heterocycles. The van der Waals surface area contributed by atoms with Crippen molar-refractivity contribution in [3.8, 4) is 0 Å². The summed E-state index contributed by atoms with van der Waals surface area (Å²) in [5.41, 5.74) is 7.04. The molecule has 4 heteroatoms. The topological polar surface area (TPSA) is 51.8 Å². The van der Waals surface area contributed by atoms with Crippen LogP contribution in [0.15, 0.2) is 4.47 Å². The Morgan fingerprint density at radius 3 is 2.61 bits per heavy atom. The lowest BCUT2D eigenvalue weighted by molar-refractivity contribution is 0.516. The summed E-state index contributed by atoms with van der Waals surface area (Å²) in [6, 6.07) is 0. The SMILES string of the molecule is CCC1CCC(c2nc(N)c(Br)c(C(C)C)n2)C1. The van der Waals surface area contributed by atoms with E-state index in [2.05, 4.69) is 41.7 Å². The molecule has 1 aliphatic carbocycles. The van der Waals surface area contributed by atoms with E-state index < -0.39 is 0 Å². The van der Waals surface area contributed by atoms with Gasteiger partial charge in [-0.2, -0.15) is 0 Å². The lowest BCUT2D eigenvalue weighted by atomic mass is 10.0. The highest BCUT2D eigenvalue weighted by Gasteiger charge is 2.28. The van der Waals surface area contributed by atoms with E-state index in [0.717, 1.165) is 21.9 Å². The van der Waals surface area contributed by atoms with Gasteiger partial charge in [-0.1, -0.05) is 27.2 Å². The highest BCUT2D eigenvalue weighted by Crippen LogP contribution is 2.39. The van der Waals surface area contributed by atoms with Crippen molar-refractivity contribution in [2.75, 3.05) is 5.73 Å². The van der Waals surface area contributed by atoms with Crippen LogP contribution in [0.5, 0.6) is 0 Å². The van der Waals surface area contributed by atoms with E-state index in [0.29, 0.717) is 17.7 Å². The predicted molar refractivity (Wildman–Crippen MR) is 78.6 cm³/mol.